The van der Waals surface area contributed by atoms with E-state index in [-0.39, 0.29) is 0 Å². The first-order valence-electron chi connectivity index (χ1n) is 3.55. The van der Waals surface area contributed by atoms with Crippen LogP contribution in [0.5, 0.6) is 0 Å². The van der Waals surface area contributed by atoms with Crippen molar-refractivity contribution >= 4 is 5.97 Å². The molecule has 13 heavy (non-hydrogen) atoms. The maximum absolute atomic E-state index is 10.4. The average Bonchev–Trinajstić information content (AvgIpc) is 2.07. The maximum Gasteiger partial charge on any atom is 0.335 e. The number of aliphatic hydroxyl groups is 4. The molecule has 0 amide bonds. The highest BCUT2D eigenvalue weighted by molar-refractivity contribution is 5.73. The molecule has 4 unspecified atom stereocenters. The third kappa shape index (κ3) is 1.79. The molecule has 0 aromatic rings. The third-order valence-electron chi connectivity index (χ3n) is 1.83. The molecule has 76 valence electrons. The van der Waals surface area contributed by atoms with Crippen LogP contribution in [0.15, 0.2) is 0 Å². The fraction of sp³-hybridized carbons (Fsp3) is 0.833. The number of rotatable bonds is 1. The summed E-state index contributed by atoms with van der Waals surface area (Å²) in [6, 6.07) is 0. The zero-order valence-electron chi connectivity index (χ0n) is 6.44. The fourth-order valence-corrected chi connectivity index (χ4v) is 1.07. The topological polar surface area (TPSA) is 127 Å². The standard InChI is InChI=1S/C6H10O7/c7-1-2(8)4(5(10)11)13-6(12)3(1)9/h1-4,6-9,12H,(H,10,11)/t1?,2-,3?,4?,6?/m0/s1. The normalized spacial score (nSPS) is 46.0. The Hall–Kier alpha value is -0.730. The van der Waals surface area contributed by atoms with E-state index in [9.17, 15) is 4.79 Å². The second-order valence-corrected chi connectivity index (χ2v) is 2.76. The summed E-state index contributed by atoms with van der Waals surface area (Å²) < 4.78 is 4.34. The van der Waals surface area contributed by atoms with Crippen LogP contribution >= 0.6 is 0 Å². The van der Waals surface area contributed by atoms with Crippen molar-refractivity contribution in [2.45, 2.75) is 30.7 Å². The van der Waals surface area contributed by atoms with Gasteiger partial charge in [-0.1, -0.05) is 0 Å². The zero-order valence-corrected chi connectivity index (χ0v) is 6.44. The second kappa shape index (κ2) is 3.56. The van der Waals surface area contributed by atoms with E-state index in [1.54, 1.807) is 0 Å². The van der Waals surface area contributed by atoms with E-state index in [2.05, 4.69) is 4.74 Å². The summed E-state index contributed by atoms with van der Waals surface area (Å²) in [5.74, 6) is -1.52. The number of carboxylic acids is 1. The molecule has 5 atom stereocenters. The molecule has 0 aromatic carbocycles. The van der Waals surface area contributed by atoms with Gasteiger partial charge in [-0.05, 0) is 0 Å². The van der Waals surface area contributed by atoms with Gasteiger partial charge in [-0.15, -0.1) is 0 Å². The van der Waals surface area contributed by atoms with E-state index in [0.717, 1.165) is 0 Å². The molecule has 0 aliphatic carbocycles. The lowest BCUT2D eigenvalue weighted by Crippen LogP contribution is -2.59. The average molecular weight is 194 g/mol. The van der Waals surface area contributed by atoms with Gasteiger partial charge >= 0.3 is 5.97 Å². The zero-order chi connectivity index (χ0) is 10.2. The molecule has 0 bridgehead atoms. The molecule has 1 fully saturated rings. The van der Waals surface area contributed by atoms with Crippen molar-refractivity contribution in [3.8, 4) is 0 Å². The summed E-state index contributed by atoms with van der Waals surface area (Å²) in [4.78, 5) is 10.4. The van der Waals surface area contributed by atoms with Crippen molar-refractivity contribution in [2.75, 3.05) is 0 Å². The summed E-state index contributed by atoms with van der Waals surface area (Å²) in [5, 5.41) is 44.4. The molecule has 5 N–H and O–H groups in total. The summed E-state index contributed by atoms with van der Waals surface area (Å²) >= 11 is 0. The molecule has 7 nitrogen and oxygen atoms in total. The molecule has 0 saturated carbocycles. The largest absolute Gasteiger partial charge is 0.479 e. The predicted molar refractivity (Wildman–Crippen MR) is 36.5 cm³/mol. The van der Waals surface area contributed by atoms with Crippen LogP contribution in [-0.2, 0) is 9.53 Å². The molecule has 7 heteroatoms. The summed E-state index contributed by atoms with van der Waals surface area (Å²) in [6.45, 7) is 0. The Morgan fingerprint density at radius 1 is 1.00 bits per heavy atom. The van der Waals surface area contributed by atoms with Gasteiger partial charge in [-0.25, -0.2) is 4.79 Å². The van der Waals surface area contributed by atoms with E-state index < -0.39 is 36.7 Å². The highest BCUT2D eigenvalue weighted by Crippen LogP contribution is 2.19. The number of aliphatic hydroxyl groups excluding tert-OH is 4. The maximum atomic E-state index is 10.4. The van der Waals surface area contributed by atoms with Gasteiger partial charge in [0.25, 0.3) is 0 Å². The van der Waals surface area contributed by atoms with Crippen LogP contribution in [0.1, 0.15) is 0 Å². The Kier molecular flexibility index (Phi) is 2.84. The minimum Gasteiger partial charge on any atom is -0.479 e. The molecule has 1 rings (SSSR count). The fourth-order valence-electron chi connectivity index (χ4n) is 1.07. The van der Waals surface area contributed by atoms with Crippen molar-refractivity contribution in [1.82, 2.24) is 0 Å². The van der Waals surface area contributed by atoms with Crippen LogP contribution < -0.4 is 0 Å². The van der Waals surface area contributed by atoms with Gasteiger partial charge in [0, 0.05) is 0 Å². The van der Waals surface area contributed by atoms with Crippen molar-refractivity contribution in [3.63, 3.8) is 0 Å². The molecule has 0 aromatic heterocycles. The minimum atomic E-state index is -1.81. The summed E-state index contributed by atoms with van der Waals surface area (Å²) in [7, 11) is 0. The summed E-state index contributed by atoms with van der Waals surface area (Å²) in [5.41, 5.74) is 0. The number of hydrogen-bond acceptors (Lipinski definition) is 6. The highest BCUT2D eigenvalue weighted by atomic mass is 16.6. The van der Waals surface area contributed by atoms with Gasteiger partial charge in [0.2, 0.25) is 0 Å². The van der Waals surface area contributed by atoms with Crippen LogP contribution in [0, 0.1) is 0 Å². The van der Waals surface area contributed by atoms with Gasteiger partial charge in [-0.3, -0.25) is 0 Å². The van der Waals surface area contributed by atoms with Crippen molar-refractivity contribution in [3.05, 3.63) is 0 Å². The Balaban J connectivity index is 2.76. The van der Waals surface area contributed by atoms with Gasteiger partial charge in [0.15, 0.2) is 12.4 Å². The number of aliphatic carboxylic acids is 1. The van der Waals surface area contributed by atoms with E-state index in [1.807, 2.05) is 0 Å². The number of hydrogen-bond donors (Lipinski definition) is 5. The van der Waals surface area contributed by atoms with Crippen molar-refractivity contribution in [1.29, 1.82) is 0 Å². The van der Waals surface area contributed by atoms with Crippen LogP contribution in [-0.4, -0.2) is 62.2 Å². The van der Waals surface area contributed by atoms with Crippen LogP contribution in [0.3, 0.4) is 0 Å². The van der Waals surface area contributed by atoms with Crippen LogP contribution in [0.25, 0.3) is 0 Å². The molecule has 1 saturated heterocycles. The summed E-state index contributed by atoms with van der Waals surface area (Å²) in [6.07, 6.45) is -8.72. The second-order valence-electron chi connectivity index (χ2n) is 2.76. The first-order valence-corrected chi connectivity index (χ1v) is 3.55. The Morgan fingerprint density at radius 3 is 2.00 bits per heavy atom. The minimum absolute atomic E-state index is 1.52. The molecule has 1 aliphatic heterocycles. The monoisotopic (exact) mass is 194 g/mol. The van der Waals surface area contributed by atoms with Gasteiger partial charge in [0.1, 0.15) is 18.3 Å². The van der Waals surface area contributed by atoms with Crippen LogP contribution in [0.4, 0.5) is 0 Å². The molecule has 0 radical (unpaired) electrons. The molecular weight excluding hydrogens is 184 g/mol. The van der Waals surface area contributed by atoms with Crippen LogP contribution in [0.2, 0.25) is 0 Å². The predicted octanol–water partition coefficient (Wildman–Crippen LogP) is -3.13. The van der Waals surface area contributed by atoms with Crippen molar-refractivity contribution < 1.29 is 35.1 Å². The van der Waals surface area contributed by atoms with E-state index in [4.69, 9.17) is 25.5 Å². The first kappa shape index (κ1) is 10.4. The van der Waals surface area contributed by atoms with E-state index in [0.29, 0.717) is 0 Å². The smallest absolute Gasteiger partial charge is 0.335 e. The van der Waals surface area contributed by atoms with Gasteiger partial charge < -0.3 is 30.3 Å². The van der Waals surface area contributed by atoms with Gasteiger partial charge in [0.05, 0.1) is 0 Å². The SMILES string of the molecule is O=C(O)C1OC(O)C(O)C(O)[C@@H]1O. The van der Waals surface area contributed by atoms with E-state index >= 15 is 0 Å². The number of ether oxygens (including phenoxy) is 1. The van der Waals surface area contributed by atoms with Crippen molar-refractivity contribution in [2.24, 2.45) is 0 Å². The Morgan fingerprint density at radius 2 is 1.54 bits per heavy atom. The number of carboxylic acid groups (broad SMARTS) is 1. The van der Waals surface area contributed by atoms with E-state index in [1.165, 1.54) is 0 Å². The lowest BCUT2D eigenvalue weighted by atomic mass is 9.99. The highest BCUT2D eigenvalue weighted by Gasteiger charge is 2.46. The third-order valence-corrected chi connectivity index (χ3v) is 1.83. The quantitative estimate of drug-likeness (QED) is 0.298. The first-order chi connectivity index (χ1) is 5.95. The lowest BCUT2D eigenvalue weighted by molar-refractivity contribution is -0.279. The molecular formula is C6H10O7. The molecule has 0 spiro atoms. The Bertz CT molecular complexity index is 205. The molecule has 1 heterocycles. The molecule has 1 aliphatic rings. The number of carbonyl (C=O) groups is 1. The van der Waals surface area contributed by atoms with Gasteiger partial charge in [-0.2, -0.15) is 0 Å². The Labute approximate surface area is 72.8 Å². The lowest BCUT2D eigenvalue weighted by Gasteiger charge is -2.36.